The molecule has 0 spiro atoms. The van der Waals surface area contributed by atoms with Gasteiger partial charge in [0.05, 0.1) is 6.04 Å². The number of benzene rings is 2. The molecule has 0 aliphatic carbocycles. The molecule has 26 N–H and O–H groups in total. The van der Waals surface area contributed by atoms with Gasteiger partial charge in [-0.05, 0) is 111 Å². The first-order chi connectivity index (χ1) is 42.5. The van der Waals surface area contributed by atoms with Gasteiger partial charge in [0, 0.05) is 38.9 Å². The van der Waals surface area contributed by atoms with E-state index in [0.717, 1.165) is 0 Å². The number of primary amides is 1. The second kappa shape index (κ2) is 41.3. The fourth-order valence-electron chi connectivity index (χ4n) is 9.00. The molecular weight excluding hydrogens is 1190 g/mol. The van der Waals surface area contributed by atoms with E-state index in [1.165, 1.54) is 36.0 Å². The van der Waals surface area contributed by atoms with Crippen LogP contribution in [-0.2, 0) is 60.8 Å². The number of aliphatic imine (C=N–C) groups is 3. The number of aromatic hydroxyl groups is 1. The average molecular weight is 1280 g/mol. The monoisotopic (exact) mass is 1280 g/mol. The van der Waals surface area contributed by atoms with E-state index in [1.54, 1.807) is 50.4 Å². The van der Waals surface area contributed by atoms with Gasteiger partial charge in [-0.1, -0.05) is 70.2 Å². The van der Waals surface area contributed by atoms with Gasteiger partial charge in [0.1, 0.15) is 54.1 Å². The lowest BCUT2D eigenvalue weighted by Gasteiger charge is -2.29. The minimum Gasteiger partial charge on any atom is -0.508 e. The van der Waals surface area contributed by atoms with E-state index in [0.29, 0.717) is 16.9 Å². The highest BCUT2D eigenvalue weighted by Gasteiger charge is 2.36. The van der Waals surface area contributed by atoms with Crippen LogP contribution in [0.4, 0.5) is 0 Å². The fraction of sp³-hybridized carbons (Fsp3) is 0.569. The Labute approximate surface area is 528 Å². The number of phenols is 1. The summed E-state index contributed by atoms with van der Waals surface area (Å²) in [5, 5.41) is 41.3. The van der Waals surface area contributed by atoms with Crippen molar-refractivity contribution in [2.24, 2.45) is 72.7 Å². The minimum absolute atomic E-state index is 0.00568. The summed E-state index contributed by atoms with van der Waals surface area (Å²) in [4.78, 5) is 150. The molecule has 0 saturated heterocycles. The molecule has 9 amide bonds. The highest BCUT2D eigenvalue weighted by molar-refractivity contribution is 7.98. The van der Waals surface area contributed by atoms with Crippen LogP contribution >= 0.6 is 11.8 Å². The maximum Gasteiger partial charge on any atom is 0.326 e. The van der Waals surface area contributed by atoms with E-state index < -0.39 is 120 Å². The zero-order chi connectivity index (χ0) is 67.5. The van der Waals surface area contributed by atoms with Gasteiger partial charge in [0.15, 0.2) is 17.9 Å². The van der Waals surface area contributed by atoms with Crippen molar-refractivity contribution in [3.63, 3.8) is 0 Å². The number of carbonyl (C=O) groups is 10. The van der Waals surface area contributed by atoms with Crippen LogP contribution in [0.2, 0.25) is 0 Å². The molecule has 2 aromatic carbocycles. The molecule has 0 saturated carbocycles. The molecule has 500 valence electrons. The number of amides is 9. The molecule has 2 rings (SSSR count). The first-order valence-corrected chi connectivity index (χ1v) is 31.1. The summed E-state index contributed by atoms with van der Waals surface area (Å²) in [5.74, 6) is -9.60. The van der Waals surface area contributed by atoms with Crippen molar-refractivity contribution in [1.29, 1.82) is 0 Å². The summed E-state index contributed by atoms with van der Waals surface area (Å²) in [5.41, 5.74) is 45.6. The second-order valence-electron chi connectivity index (χ2n) is 22.4. The highest BCUT2D eigenvalue weighted by Crippen LogP contribution is 2.16. The van der Waals surface area contributed by atoms with Crippen LogP contribution in [0.25, 0.3) is 0 Å². The number of nitrogens with two attached hydrogens (primary N) is 8. The third kappa shape index (κ3) is 31.8. The van der Waals surface area contributed by atoms with E-state index in [-0.39, 0.29) is 132 Å². The molecule has 2 aromatic rings. The van der Waals surface area contributed by atoms with Crippen molar-refractivity contribution in [1.82, 2.24) is 42.5 Å². The van der Waals surface area contributed by atoms with Crippen LogP contribution in [-0.4, -0.2) is 173 Å². The van der Waals surface area contributed by atoms with E-state index in [2.05, 4.69) is 57.5 Å². The zero-order valence-corrected chi connectivity index (χ0v) is 52.7. The standard InChI is InChI=1S/C58H95N19O12S/c1-32(2)28-37(59)47(80)70-38(14-9-24-67-56(61)62)48(81)72-40(21-22-46(60)79)50(83)77-45(31-35-17-19-36(78)20-18-35)54(87)75-43(29-33(3)4)52(85)73-41(23-27-90-5)51(84)71-39(15-10-25-68-57(63)64)49(82)76-44(30-34-12-7-6-8-13-34)53(86)74-42(55(88)89)16-11-26-69-58(65)66/h6-8,12-13,17-20,32-33,37-45,78H,9-11,14-16,21-31,59H2,1-5H3,(H2,60,79)(H,70,80)(H,71,84)(H,72,81)(H,73,85)(H,74,86)(H,75,87)(H,76,82)(H,77,83)(H,88,89)(H4,61,62,67)(H4,63,64,68)(H4,65,66,69)/t37-,38-,39-,40-,41-,42-,43-,44-,45-/m0/s1. The number of nitrogens with one attached hydrogen (secondary N) is 8. The Bertz CT molecular complexity index is 2740. The number of carbonyl (C=O) groups excluding carboxylic acids is 9. The molecule has 0 radical (unpaired) electrons. The van der Waals surface area contributed by atoms with Crippen molar-refractivity contribution in [2.45, 2.75) is 166 Å². The van der Waals surface area contributed by atoms with E-state index in [9.17, 15) is 58.2 Å². The SMILES string of the molecule is CSCC[C@H](NC(=O)[C@H](CC(C)C)NC(=O)[C@H](Cc1ccc(O)cc1)NC(=O)[C@H](CCC(N)=O)NC(=O)[C@H](CCCN=C(N)N)NC(=O)[C@@H](N)CC(C)C)C(=O)N[C@@H](CCCN=C(N)N)C(=O)N[C@@H](Cc1ccccc1)C(=O)N[C@@H](CCCN=C(N)N)C(=O)O. The lowest BCUT2D eigenvalue weighted by Crippen LogP contribution is -2.61. The molecule has 0 aliphatic rings. The molecule has 0 bridgehead atoms. The first-order valence-electron chi connectivity index (χ1n) is 29.7. The normalized spacial score (nSPS) is 14.0. The van der Waals surface area contributed by atoms with Crippen LogP contribution in [0, 0.1) is 11.8 Å². The number of rotatable bonds is 43. The number of aliphatic carboxylic acids is 1. The number of carboxylic acids is 1. The van der Waals surface area contributed by atoms with Crippen LogP contribution < -0.4 is 88.4 Å². The molecule has 9 atom stereocenters. The Hall–Kier alpha value is -8.94. The predicted molar refractivity (Wildman–Crippen MR) is 343 cm³/mol. The van der Waals surface area contributed by atoms with Gasteiger partial charge in [0.2, 0.25) is 53.2 Å². The van der Waals surface area contributed by atoms with Gasteiger partial charge >= 0.3 is 5.97 Å². The molecule has 0 heterocycles. The smallest absolute Gasteiger partial charge is 0.326 e. The molecule has 0 fully saturated rings. The summed E-state index contributed by atoms with van der Waals surface area (Å²) < 4.78 is 0. The van der Waals surface area contributed by atoms with Gasteiger partial charge in [-0.25, -0.2) is 4.79 Å². The average Bonchev–Trinajstić information content (AvgIpc) is 2.68. The number of phenolic OH excluding ortho intramolecular Hbond substituents is 1. The minimum atomic E-state index is -1.54. The number of guanidine groups is 3. The van der Waals surface area contributed by atoms with Crippen LogP contribution in [0.1, 0.15) is 109 Å². The van der Waals surface area contributed by atoms with Crippen molar-refractivity contribution in [2.75, 3.05) is 31.6 Å². The Morgan fingerprint density at radius 3 is 1.19 bits per heavy atom. The highest BCUT2D eigenvalue weighted by atomic mass is 32.2. The van der Waals surface area contributed by atoms with Gasteiger partial charge in [-0.15, -0.1) is 0 Å². The van der Waals surface area contributed by atoms with Crippen molar-refractivity contribution in [3.05, 3.63) is 65.7 Å². The third-order valence-corrected chi connectivity index (χ3v) is 14.2. The van der Waals surface area contributed by atoms with Crippen LogP contribution in [0.5, 0.6) is 5.75 Å². The molecule has 31 nitrogen and oxygen atoms in total. The van der Waals surface area contributed by atoms with E-state index in [4.69, 9.17) is 45.9 Å². The fourth-order valence-corrected chi connectivity index (χ4v) is 9.48. The largest absolute Gasteiger partial charge is 0.508 e. The maximum atomic E-state index is 14.7. The maximum absolute atomic E-state index is 14.7. The van der Waals surface area contributed by atoms with E-state index in [1.807, 2.05) is 13.8 Å². The number of hydrogen-bond donors (Lipinski definition) is 18. The lowest BCUT2D eigenvalue weighted by molar-refractivity contribution is -0.142. The Morgan fingerprint density at radius 2 is 0.789 bits per heavy atom. The van der Waals surface area contributed by atoms with Gasteiger partial charge in [0.25, 0.3) is 0 Å². The van der Waals surface area contributed by atoms with Gasteiger partial charge < -0.3 is 98.6 Å². The number of nitrogens with zero attached hydrogens (tertiary/aromatic N) is 3. The predicted octanol–water partition coefficient (Wildman–Crippen LogP) is -3.26. The quantitative estimate of drug-likeness (QED) is 0.0176. The number of hydrogen-bond acceptors (Lipinski definition) is 16. The Morgan fingerprint density at radius 1 is 0.444 bits per heavy atom. The summed E-state index contributed by atoms with van der Waals surface area (Å²) >= 11 is 1.34. The van der Waals surface area contributed by atoms with Crippen molar-refractivity contribution >= 4 is 88.8 Å². The van der Waals surface area contributed by atoms with Gasteiger partial charge in [-0.2, -0.15) is 11.8 Å². The summed E-state index contributed by atoms with van der Waals surface area (Å²) in [6.45, 7) is 7.45. The number of thioether (sulfide) groups is 1. The Balaban J connectivity index is 2.59. The van der Waals surface area contributed by atoms with E-state index >= 15 is 0 Å². The first kappa shape index (κ1) is 77.2. The summed E-state index contributed by atoms with van der Waals surface area (Å²) in [6.07, 6.45) is 1.24. The lowest BCUT2D eigenvalue weighted by atomic mass is 10.00. The molecule has 32 heteroatoms. The Kier molecular flexibility index (Phi) is 35.4. The second-order valence-corrected chi connectivity index (χ2v) is 23.4. The summed E-state index contributed by atoms with van der Waals surface area (Å²) in [6, 6.07) is 1.99. The number of carboxylic acid groups (broad SMARTS) is 1. The van der Waals surface area contributed by atoms with Crippen molar-refractivity contribution in [3.8, 4) is 5.75 Å². The summed E-state index contributed by atoms with van der Waals surface area (Å²) in [7, 11) is 0. The van der Waals surface area contributed by atoms with Crippen LogP contribution in [0.15, 0.2) is 69.6 Å². The van der Waals surface area contributed by atoms with Crippen molar-refractivity contribution < 1.29 is 58.2 Å². The van der Waals surface area contributed by atoms with Crippen LogP contribution in [0.3, 0.4) is 0 Å². The third-order valence-electron chi connectivity index (χ3n) is 13.6. The van der Waals surface area contributed by atoms with Gasteiger partial charge in [-0.3, -0.25) is 58.1 Å². The molecule has 0 aliphatic heterocycles. The zero-order valence-electron chi connectivity index (χ0n) is 51.9. The topological polar surface area (TPSA) is 553 Å². The molecular formula is C58H95N19O12S. The molecule has 0 aromatic heterocycles. The molecule has 0 unspecified atom stereocenters. The molecule has 90 heavy (non-hydrogen) atoms.